The largest absolute Gasteiger partial charge is 0.492 e. The Balaban J connectivity index is 1.77. The molecule has 0 radical (unpaired) electrons. The van der Waals surface area contributed by atoms with Gasteiger partial charge in [0.15, 0.2) is 0 Å². The van der Waals surface area contributed by atoms with Gasteiger partial charge >= 0.3 is 0 Å². The van der Waals surface area contributed by atoms with Crippen molar-refractivity contribution in [3.8, 4) is 5.75 Å². The van der Waals surface area contributed by atoms with Gasteiger partial charge in [-0.05, 0) is 31.2 Å². The number of halogens is 1. The SMILES string of the molecule is CS(=O)(=O)N1CCCN(CCOc2cccc(Cl)c2)CC1. The second-order valence-corrected chi connectivity index (χ2v) is 7.58. The fourth-order valence-electron chi connectivity index (χ4n) is 2.35. The van der Waals surface area contributed by atoms with Crippen molar-refractivity contribution in [1.82, 2.24) is 9.21 Å². The molecule has 5 nitrogen and oxygen atoms in total. The van der Waals surface area contributed by atoms with Gasteiger partial charge in [0.1, 0.15) is 12.4 Å². The van der Waals surface area contributed by atoms with Gasteiger partial charge in [-0.3, -0.25) is 4.90 Å². The molecular formula is C14H21ClN2O3S. The molecule has 2 rings (SSSR count). The summed E-state index contributed by atoms with van der Waals surface area (Å²) in [6.45, 7) is 4.14. The molecule has 7 heteroatoms. The van der Waals surface area contributed by atoms with Crippen molar-refractivity contribution in [2.24, 2.45) is 0 Å². The molecular weight excluding hydrogens is 312 g/mol. The molecule has 0 atom stereocenters. The van der Waals surface area contributed by atoms with Gasteiger partial charge in [0.05, 0.1) is 6.26 Å². The summed E-state index contributed by atoms with van der Waals surface area (Å²) in [5.74, 6) is 0.759. The molecule has 1 saturated heterocycles. The fourth-order valence-corrected chi connectivity index (χ4v) is 3.41. The van der Waals surface area contributed by atoms with Crippen molar-refractivity contribution >= 4 is 21.6 Å². The van der Waals surface area contributed by atoms with Crippen LogP contribution in [0.25, 0.3) is 0 Å². The van der Waals surface area contributed by atoms with Gasteiger partial charge in [0.25, 0.3) is 0 Å². The average molecular weight is 333 g/mol. The van der Waals surface area contributed by atoms with Crippen molar-refractivity contribution in [2.75, 3.05) is 45.6 Å². The van der Waals surface area contributed by atoms with E-state index in [-0.39, 0.29) is 0 Å². The molecule has 118 valence electrons. The molecule has 0 saturated carbocycles. The Kier molecular flexibility index (Phi) is 5.87. The molecule has 1 aliphatic heterocycles. The Morgan fingerprint density at radius 2 is 2.05 bits per heavy atom. The van der Waals surface area contributed by atoms with Gasteiger partial charge < -0.3 is 4.74 Å². The van der Waals surface area contributed by atoms with Crippen LogP contribution in [-0.4, -0.2) is 63.2 Å². The van der Waals surface area contributed by atoms with Crippen LogP contribution in [0.1, 0.15) is 6.42 Å². The molecule has 1 fully saturated rings. The minimum Gasteiger partial charge on any atom is -0.492 e. The van der Waals surface area contributed by atoms with Crippen LogP contribution in [0.5, 0.6) is 5.75 Å². The minimum atomic E-state index is -3.08. The molecule has 0 spiro atoms. The second-order valence-electron chi connectivity index (χ2n) is 5.16. The van der Waals surface area contributed by atoms with E-state index in [0.717, 1.165) is 31.8 Å². The molecule has 1 heterocycles. The molecule has 1 aromatic carbocycles. The third-order valence-corrected chi connectivity index (χ3v) is 5.03. The van der Waals surface area contributed by atoms with E-state index >= 15 is 0 Å². The molecule has 0 aromatic heterocycles. The van der Waals surface area contributed by atoms with Crippen molar-refractivity contribution < 1.29 is 13.2 Å². The summed E-state index contributed by atoms with van der Waals surface area (Å²) < 4.78 is 30.3. The number of nitrogens with zero attached hydrogens (tertiary/aromatic N) is 2. The van der Waals surface area contributed by atoms with E-state index in [1.807, 2.05) is 18.2 Å². The summed E-state index contributed by atoms with van der Waals surface area (Å²) in [4.78, 5) is 2.23. The number of hydrogen-bond donors (Lipinski definition) is 0. The van der Waals surface area contributed by atoms with Crippen LogP contribution in [-0.2, 0) is 10.0 Å². The molecule has 0 amide bonds. The summed E-state index contributed by atoms with van der Waals surface area (Å²) >= 11 is 5.90. The summed E-state index contributed by atoms with van der Waals surface area (Å²) in [6, 6.07) is 7.33. The Morgan fingerprint density at radius 3 is 2.76 bits per heavy atom. The summed E-state index contributed by atoms with van der Waals surface area (Å²) in [6.07, 6.45) is 2.12. The van der Waals surface area contributed by atoms with E-state index in [2.05, 4.69) is 4.90 Å². The predicted molar refractivity (Wildman–Crippen MR) is 84.4 cm³/mol. The lowest BCUT2D eigenvalue weighted by Gasteiger charge is -2.20. The van der Waals surface area contributed by atoms with Crippen molar-refractivity contribution in [3.63, 3.8) is 0 Å². The van der Waals surface area contributed by atoms with E-state index in [9.17, 15) is 8.42 Å². The van der Waals surface area contributed by atoms with Gasteiger partial charge in [0, 0.05) is 31.2 Å². The van der Waals surface area contributed by atoms with Crippen LogP contribution >= 0.6 is 11.6 Å². The highest BCUT2D eigenvalue weighted by Gasteiger charge is 2.20. The molecule has 0 aliphatic carbocycles. The van der Waals surface area contributed by atoms with Crippen LogP contribution in [0, 0.1) is 0 Å². The molecule has 0 N–H and O–H groups in total. The maximum atomic E-state index is 11.5. The van der Waals surface area contributed by atoms with Crippen LogP contribution in [0.2, 0.25) is 5.02 Å². The zero-order valence-corrected chi connectivity index (χ0v) is 13.7. The molecule has 0 unspecified atom stereocenters. The molecule has 1 aromatic rings. The van der Waals surface area contributed by atoms with Crippen molar-refractivity contribution in [1.29, 1.82) is 0 Å². The summed E-state index contributed by atoms with van der Waals surface area (Å²) in [5, 5.41) is 0.658. The number of sulfonamides is 1. The van der Waals surface area contributed by atoms with Crippen molar-refractivity contribution in [2.45, 2.75) is 6.42 Å². The lowest BCUT2D eigenvalue weighted by atomic mass is 10.3. The average Bonchev–Trinajstić information content (AvgIpc) is 2.64. The topological polar surface area (TPSA) is 49.9 Å². The monoisotopic (exact) mass is 332 g/mol. The van der Waals surface area contributed by atoms with Gasteiger partial charge in [-0.1, -0.05) is 17.7 Å². The van der Waals surface area contributed by atoms with Crippen LogP contribution in [0.15, 0.2) is 24.3 Å². The van der Waals surface area contributed by atoms with Gasteiger partial charge in [-0.25, -0.2) is 12.7 Å². The lowest BCUT2D eigenvalue weighted by molar-refractivity contribution is 0.215. The van der Waals surface area contributed by atoms with Crippen LogP contribution in [0.3, 0.4) is 0 Å². The first-order chi connectivity index (χ1) is 9.95. The smallest absolute Gasteiger partial charge is 0.211 e. The first kappa shape index (κ1) is 16.5. The van der Waals surface area contributed by atoms with E-state index in [1.165, 1.54) is 6.26 Å². The normalized spacial score (nSPS) is 18.4. The van der Waals surface area contributed by atoms with Gasteiger partial charge in [-0.15, -0.1) is 0 Å². The summed E-state index contributed by atoms with van der Waals surface area (Å²) in [7, 11) is -3.08. The van der Waals surface area contributed by atoms with E-state index < -0.39 is 10.0 Å². The maximum absolute atomic E-state index is 11.5. The number of hydrogen-bond acceptors (Lipinski definition) is 4. The molecule has 0 bridgehead atoms. The second kappa shape index (κ2) is 7.45. The highest BCUT2D eigenvalue weighted by Crippen LogP contribution is 2.17. The third kappa shape index (κ3) is 5.47. The number of ether oxygens (including phenoxy) is 1. The number of benzene rings is 1. The number of rotatable bonds is 5. The first-order valence-electron chi connectivity index (χ1n) is 7.01. The molecule has 21 heavy (non-hydrogen) atoms. The zero-order valence-electron chi connectivity index (χ0n) is 12.2. The molecule has 1 aliphatic rings. The maximum Gasteiger partial charge on any atom is 0.211 e. The highest BCUT2D eigenvalue weighted by atomic mass is 35.5. The van der Waals surface area contributed by atoms with Gasteiger partial charge in [-0.2, -0.15) is 0 Å². The Bertz CT molecular complexity index is 565. The lowest BCUT2D eigenvalue weighted by Crippen LogP contribution is -2.35. The fraction of sp³-hybridized carbons (Fsp3) is 0.571. The van der Waals surface area contributed by atoms with E-state index in [4.69, 9.17) is 16.3 Å². The van der Waals surface area contributed by atoms with E-state index in [1.54, 1.807) is 10.4 Å². The highest BCUT2D eigenvalue weighted by molar-refractivity contribution is 7.88. The Labute approximate surface area is 131 Å². The predicted octanol–water partition coefficient (Wildman–Crippen LogP) is 1.69. The quantitative estimate of drug-likeness (QED) is 0.823. The third-order valence-electron chi connectivity index (χ3n) is 3.49. The standard InChI is InChI=1S/C14H21ClN2O3S/c1-21(18,19)17-7-3-6-16(8-9-17)10-11-20-14-5-2-4-13(15)12-14/h2,4-5,12H,3,6-11H2,1H3. The minimum absolute atomic E-state index is 0.552. The summed E-state index contributed by atoms with van der Waals surface area (Å²) in [5.41, 5.74) is 0. The van der Waals surface area contributed by atoms with Gasteiger partial charge in [0.2, 0.25) is 10.0 Å². The van der Waals surface area contributed by atoms with E-state index in [0.29, 0.717) is 24.7 Å². The Morgan fingerprint density at radius 1 is 1.24 bits per heavy atom. The zero-order chi connectivity index (χ0) is 15.3. The van der Waals surface area contributed by atoms with Crippen molar-refractivity contribution in [3.05, 3.63) is 29.3 Å². The Hall–Kier alpha value is -0.820. The van der Waals surface area contributed by atoms with Crippen LogP contribution < -0.4 is 4.74 Å². The van der Waals surface area contributed by atoms with Crippen LogP contribution in [0.4, 0.5) is 0 Å². The first-order valence-corrected chi connectivity index (χ1v) is 9.23.